The van der Waals surface area contributed by atoms with E-state index in [4.69, 9.17) is 4.74 Å². The van der Waals surface area contributed by atoms with E-state index in [2.05, 4.69) is 34.2 Å². The smallest absolute Gasteiger partial charge is 0.312 e. The standard InChI is InChI=1S/C23H27BrN2O3S/c1-13-2-3-16-17(10-25)20(30-18(16)4-13)26-19(27)11-29-21(28)22-6-14-5-15(7-22)9-23(24,8-14)12-22/h13-15H,2-9,11-12H2,1H3,(H,26,27)/t13-,14-,15-,22?,23?/m1/s1. The number of nitrogens with one attached hydrogen (secondary N) is 1. The summed E-state index contributed by atoms with van der Waals surface area (Å²) in [5, 5.41) is 13.0. The molecule has 6 rings (SSSR count). The first-order valence-electron chi connectivity index (χ1n) is 11.0. The maximum absolute atomic E-state index is 13.0. The summed E-state index contributed by atoms with van der Waals surface area (Å²) in [4.78, 5) is 26.8. The van der Waals surface area contributed by atoms with Crippen molar-refractivity contribution < 1.29 is 14.3 Å². The van der Waals surface area contributed by atoms with Crippen LogP contribution in [0.4, 0.5) is 5.00 Å². The van der Waals surface area contributed by atoms with Crippen molar-refractivity contribution in [3.8, 4) is 6.07 Å². The van der Waals surface area contributed by atoms with Crippen LogP contribution >= 0.6 is 27.3 Å². The van der Waals surface area contributed by atoms with E-state index >= 15 is 0 Å². The molecule has 30 heavy (non-hydrogen) atoms. The maximum atomic E-state index is 13.0. The van der Waals surface area contributed by atoms with Gasteiger partial charge in [-0.15, -0.1) is 11.3 Å². The molecular weight excluding hydrogens is 464 g/mol. The van der Waals surface area contributed by atoms with Gasteiger partial charge in [-0.05, 0) is 81.1 Å². The third-order valence-corrected chi connectivity index (χ3v) is 9.73. The first kappa shape index (κ1) is 20.5. The number of esters is 1. The number of carbonyl (C=O) groups excluding carboxylic acids is 2. The van der Waals surface area contributed by atoms with Gasteiger partial charge in [-0.1, -0.05) is 22.9 Å². The molecule has 7 heteroatoms. The van der Waals surface area contributed by atoms with E-state index in [-0.39, 0.29) is 22.8 Å². The Labute approximate surface area is 189 Å². The fourth-order valence-corrected chi connectivity index (χ4v) is 9.62. The number of ether oxygens (including phenoxy) is 1. The largest absolute Gasteiger partial charge is 0.455 e. The summed E-state index contributed by atoms with van der Waals surface area (Å²) in [6.45, 7) is 1.93. The van der Waals surface area contributed by atoms with Crippen LogP contribution in [-0.4, -0.2) is 22.8 Å². The quantitative estimate of drug-likeness (QED) is 0.477. The van der Waals surface area contributed by atoms with Crippen molar-refractivity contribution in [2.24, 2.45) is 23.2 Å². The summed E-state index contributed by atoms with van der Waals surface area (Å²) < 4.78 is 5.63. The molecule has 1 aromatic heterocycles. The molecule has 5 aliphatic carbocycles. The number of nitrogens with zero attached hydrogens (tertiary/aromatic N) is 1. The summed E-state index contributed by atoms with van der Waals surface area (Å²) in [5.74, 6) is 1.21. The number of amides is 1. The van der Waals surface area contributed by atoms with Gasteiger partial charge in [0.2, 0.25) is 0 Å². The molecule has 0 radical (unpaired) electrons. The van der Waals surface area contributed by atoms with Gasteiger partial charge in [0.25, 0.3) is 5.91 Å². The number of rotatable bonds is 4. The molecule has 0 aliphatic heterocycles. The molecule has 4 fully saturated rings. The van der Waals surface area contributed by atoms with Gasteiger partial charge < -0.3 is 10.1 Å². The van der Waals surface area contributed by atoms with Crippen molar-refractivity contribution in [2.75, 3.05) is 11.9 Å². The Morgan fingerprint density at radius 2 is 2.03 bits per heavy atom. The number of carbonyl (C=O) groups is 2. The zero-order chi connectivity index (χ0) is 21.1. The van der Waals surface area contributed by atoms with Crippen LogP contribution in [-0.2, 0) is 27.2 Å². The van der Waals surface area contributed by atoms with E-state index in [9.17, 15) is 14.9 Å². The highest BCUT2D eigenvalue weighted by atomic mass is 79.9. The number of thiophene rings is 1. The summed E-state index contributed by atoms with van der Waals surface area (Å²) in [5.41, 5.74) is 1.25. The number of halogens is 1. The lowest BCUT2D eigenvalue weighted by molar-refractivity contribution is -0.170. The van der Waals surface area contributed by atoms with E-state index < -0.39 is 5.41 Å². The maximum Gasteiger partial charge on any atom is 0.312 e. The molecule has 3 atom stereocenters. The van der Waals surface area contributed by atoms with Gasteiger partial charge in [-0.2, -0.15) is 5.26 Å². The monoisotopic (exact) mass is 490 g/mol. The molecule has 5 aliphatic rings. The second-order valence-electron chi connectivity index (χ2n) is 10.2. The molecule has 160 valence electrons. The van der Waals surface area contributed by atoms with Gasteiger partial charge in [-0.3, -0.25) is 9.59 Å². The van der Waals surface area contributed by atoms with Crippen molar-refractivity contribution >= 4 is 44.1 Å². The van der Waals surface area contributed by atoms with E-state index in [0.717, 1.165) is 56.9 Å². The summed E-state index contributed by atoms with van der Waals surface area (Å²) in [6, 6.07) is 2.26. The second kappa shape index (κ2) is 7.34. The van der Waals surface area contributed by atoms with Crippen LogP contribution in [0, 0.1) is 34.5 Å². The average Bonchev–Trinajstić information content (AvgIpc) is 2.99. The Balaban J connectivity index is 1.23. The predicted octanol–water partition coefficient (Wildman–Crippen LogP) is 4.96. The van der Waals surface area contributed by atoms with Gasteiger partial charge in [0.05, 0.1) is 11.0 Å². The van der Waals surface area contributed by atoms with Gasteiger partial charge in [0.1, 0.15) is 11.1 Å². The molecule has 1 heterocycles. The number of anilines is 1. The van der Waals surface area contributed by atoms with Crippen LogP contribution in [0.1, 0.15) is 67.9 Å². The van der Waals surface area contributed by atoms with E-state index in [1.807, 2.05) is 0 Å². The summed E-state index contributed by atoms with van der Waals surface area (Å²) in [6.07, 6.45) is 9.05. The Kier molecular flexibility index (Phi) is 5.02. The zero-order valence-corrected chi connectivity index (χ0v) is 19.7. The van der Waals surface area contributed by atoms with Crippen LogP contribution < -0.4 is 5.32 Å². The van der Waals surface area contributed by atoms with Gasteiger partial charge >= 0.3 is 5.97 Å². The molecule has 1 N–H and O–H groups in total. The Morgan fingerprint density at radius 1 is 1.30 bits per heavy atom. The lowest BCUT2D eigenvalue weighted by Gasteiger charge is -2.58. The highest BCUT2D eigenvalue weighted by Gasteiger charge is 2.60. The molecular formula is C23H27BrN2O3S. The second-order valence-corrected chi connectivity index (χ2v) is 13.0. The third-order valence-electron chi connectivity index (χ3n) is 7.63. The number of hydrogen-bond donors (Lipinski definition) is 1. The summed E-state index contributed by atoms with van der Waals surface area (Å²) in [7, 11) is 0. The number of hydrogen-bond acceptors (Lipinski definition) is 5. The van der Waals surface area contributed by atoms with Gasteiger partial charge in [-0.25, -0.2) is 0 Å². The molecule has 0 unspecified atom stereocenters. The predicted molar refractivity (Wildman–Crippen MR) is 119 cm³/mol. The lowest BCUT2D eigenvalue weighted by atomic mass is 9.49. The minimum atomic E-state index is -0.427. The SMILES string of the molecule is C[C@@H]1CCc2c(sc(NC(=O)COC(=O)C34C[C@H]5C[C@@H](CC(Br)(C5)C3)C4)c2C#N)C1. The molecule has 4 saturated carbocycles. The normalized spacial score (nSPS) is 36.1. The minimum Gasteiger partial charge on any atom is -0.455 e. The van der Waals surface area contributed by atoms with Crippen molar-refractivity contribution in [2.45, 2.75) is 69.0 Å². The molecule has 0 aromatic carbocycles. The van der Waals surface area contributed by atoms with E-state index in [1.54, 1.807) is 0 Å². The Morgan fingerprint density at radius 3 is 2.70 bits per heavy atom. The Hall–Kier alpha value is -1.39. The summed E-state index contributed by atoms with van der Waals surface area (Å²) >= 11 is 5.42. The highest BCUT2D eigenvalue weighted by molar-refractivity contribution is 9.10. The third kappa shape index (κ3) is 3.50. The zero-order valence-electron chi connectivity index (χ0n) is 17.3. The Bertz CT molecular complexity index is 935. The van der Waals surface area contributed by atoms with Crippen LogP contribution in [0.15, 0.2) is 0 Å². The topological polar surface area (TPSA) is 79.2 Å². The van der Waals surface area contributed by atoms with Crippen molar-refractivity contribution in [1.82, 2.24) is 0 Å². The minimum absolute atomic E-state index is 0.0766. The fraction of sp³-hybridized carbons (Fsp3) is 0.696. The molecule has 0 saturated heterocycles. The average molecular weight is 491 g/mol. The van der Waals surface area contributed by atoms with Gasteiger partial charge in [0, 0.05) is 9.20 Å². The van der Waals surface area contributed by atoms with E-state index in [1.165, 1.54) is 22.6 Å². The molecule has 0 spiro atoms. The fourth-order valence-electron chi connectivity index (χ4n) is 6.79. The van der Waals surface area contributed by atoms with Crippen molar-refractivity contribution in [3.05, 3.63) is 16.0 Å². The number of nitriles is 1. The lowest BCUT2D eigenvalue weighted by Crippen LogP contribution is -2.56. The molecule has 1 amide bonds. The number of fused-ring (bicyclic) bond motifs is 1. The highest BCUT2D eigenvalue weighted by Crippen LogP contribution is 2.64. The van der Waals surface area contributed by atoms with E-state index in [0.29, 0.717) is 28.3 Å². The van der Waals surface area contributed by atoms with Crippen LogP contribution in [0.25, 0.3) is 0 Å². The molecule has 1 aromatic rings. The van der Waals surface area contributed by atoms with Crippen LogP contribution in [0.3, 0.4) is 0 Å². The van der Waals surface area contributed by atoms with Crippen LogP contribution in [0.2, 0.25) is 0 Å². The number of alkyl halides is 1. The van der Waals surface area contributed by atoms with Gasteiger partial charge in [0.15, 0.2) is 6.61 Å². The van der Waals surface area contributed by atoms with Crippen molar-refractivity contribution in [3.63, 3.8) is 0 Å². The van der Waals surface area contributed by atoms with Crippen molar-refractivity contribution in [1.29, 1.82) is 5.26 Å². The first-order chi connectivity index (χ1) is 14.3. The molecule has 5 nitrogen and oxygen atoms in total. The molecule has 4 bridgehead atoms. The van der Waals surface area contributed by atoms with Crippen LogP contribution in [0.5, 0.6) is 0 Å². The first-order valence-corrected chi connectivity index (χ1v) is 12.6.